The molecule has 0 saturated carbocycles. The maximum atomic E-state index is 12.3. The summed E-state index contributed by atoms with van der Waals surface area (Å²) in [7, 11) is 0. The summed E-state index contributed by atoms with van der Waals surface area (Å²) in [5.41, 5.74) is 2.02. The SMILES string of the molecule is Cc1cc(=O)n(CC(=O)Nc2sc3c(c2C#N)CCC3)c(C)n1. The van der Waals surface area contributed by atoms with Crippen molar-refractivity contribution in [3.05, 3.63) is 43.9 Å². The van der Waals surface area contributed by atoms with Crippen LogP contribution in [0.25, 0.3) is 0 Å². The zero-order chi connectivity index (χ0) is 16.6. The van der Waals surface area contributed by atoms with E-state index in [0.717, 1.165) is 24.8 Å². The fourth-order valence-electron chi connectivity index (χ4n) is 2.88. The molecule has 1 amide bonds. The van der Waals surface area contributed by atoms with Gasteiger partial charge in [0.2, 0.25) is 5.91 Å². The van der Waals surface area contributed by atoms with Crippen molar-refractivity contribution in [2.45, 2.75) is 39.7 Å². The lowest BCUT2D eigenvalue weighted by molar-refractivity contribution is -0.116. The molecule has 2 heterocycles. The maximum absolute atomic E-state index is 12.3. The Bertz CT molecular complexity index is 889. The number of fused-ring (bicyclic) bond motifs is 1. The highest BCUT2D eigenvalue weighted by Crippen LogP contribution is 2.38. The molecule has 1 aliphatic carbocycles. The number of anilines is 1. The van der Waals surface area contributed by atoms with Gasteiger partial charge in [-0.05, 0) is 38.7 Å². The molecule has 0 bridgehead atoms. The molecule has 118 valence electrons. The normalized spacial score (nSPS) is 12.7. The molecule has 1 N–H and O–H groups in total. The molecule has 1 aliphatic rings. The van der Waals surface area contributed by atoms with Gasteiger partial charge in [-0.25, -0.2) is 4.98 Å². The van der Waals surface area contributed by atoms with Gasteiger partial charge < -0.3 is 5.32 Å². The number of aromatic nitrogens is 2. The number of nitrogens with one attached hydrogen (secondary N) is 1. The van der Waals surface area contributed by atoms with E-state index in [4.69, 9.17) is 0 Å². The van der Waals surface area contributed by atoms with E-state index in [2.05, 4.69) is 16.4 Å². The zero-order valence-electron chi connectivity index (χ0n) is 13.0. The number of thiophene rings is 1. The van der Waals surface area contributed by atoms with Crippen molar-refractivity contribution in [3.63, 3.8) is 0 Å². The van der Waals surface area contributed by atoms with Gasteiger partial charge >= 0.3 is 0 Å². The van der Waals surface area contributed by atoms with Crippen LogP contribution in [0.2, 0.25) is 0 Å². The highest BCUT2D eigenvalue weighted by atomic mass is 32.1. The third-order valence-corrected chi connectivity index (χ3v) is 5.12. The van der Waals surface area contributed by atoms with Crippen LogP contribution in [0.4, 0.5) is 5.00 Å². The molecule has 7 heteroatoms. The fourth-order valence-corrected chi connectivity index (χ4v) is 4.13. The van der Waals surface area contributed by atoms with Gasteiger partial charge in [0, 0.05) is 16.6 Å². The standard InChI is InChI=1S/C16H16N4O2S/c1-9-6-15(22)20(10(2)18-9)8-14(21)19-16-12(7-17)11-4-3-5-13(11)23-16/h6H,3-5,8H2,1-2H3,(H,19,21). The van der Waals surface area contributed by atoms with Gasteiger partial charge in [0.15, 0.2) is 0 Å². The lowest BCUT2D eigenvalue weighted by atomic mass is 10.1. The van der Waals surface area contributed by atoms with Gasteiger partial charge in [-0.15, -0.1) is 11.3 Å². The molecule has 0 radical (unpaired) electrons. The van der Waals surface area contributed by atoms with E-state index in [1.54, 1.807) is 13.8 Å². The number of carbonyl (C=O) groups is 1. The van der Waals surface area contributed by atoms with Crippen molar-refractivity contribution >= 4 is 22.2 Å². The topological polar surface area (TPSA) is 87.8 Å². The van der Waals surface area contributed by atoms with E-state index < -0.39 is 0 Å². The van der Waals surface area contributed by atoms with E-state index in [0.29, 0.717) is 22.1 Å². The molecule has 3 rings (SSSR count). The number of hydrogen-bond donors (Lipinski definition) is 1. The summed E-state index contributed by atoms with van der Waals surface area (Å²) in [5.74, 6) is 0.177. The first kappa shape index (κ1) is 15.4. The van der Waals surface area contributed by atoms with Crippen molar-refractivity contribution in [3.8, 4) is 6.07 Å². The molecular formula is C16H16N4O2S. The van der Waals surface area contributed by atoms with E-state index in [-0.39, 0.29) is 18.0 Å². The first-order chi connectivity index (χ1) is 11.0. The Morgan fingerprint density at radius 2 is 2.26 bits per heavy atom. The molecule has 2 aromatic rings. The highest BCUT2D eigenvalue weighted by molar-refractivity contribution is 7.16. The van der Waals surface area contributed by atoms with Crippen LogP contribution in [0.15, 0.2) is 10.9 Å². The number of nitriles is 1. The second kappa shape index (κ2) is 5.97. The van der Waals surface area contributed by atoms with Gasteiger partial charge in [-0.2, -0.15) is 5.26 Å². The molecule has 0 unspecified atom stereocenters. The zero-order valence-corrected chi connectivity index (χ0v) is 13.8. The molecule has 6 nitrogen and oxygen atoms in total. The first-order valence-corrected chi connectivity index (χ1v) is 8.21. The predicted octanol–water partition coefficient (Wildman–Crippen LogP) is 1.92. The number of aryl methyl sites for hydroxylation is 3. The lowest BCUT2D eigenvalue weighted by Crippen LogP contribution is -2.30. The van der Waals surface area contributed by atoms with E-state index in [1.165, 1.54) is 26.8 Å². The third kappa shape index (κ3) is 2.90. The molecule has 2 aromatic heterocycles. The summed E-state index contributed by atoms with van der Waals surface area (Å²) in [6.07, 6.45) is 2.92. The number of amides is 1. The van der Waals surface area contributed by atoms with E-state index >= 15 is 0 Å². The summed E-state index contributed by atoms with van der Waals surface area (Å²) in [5, 5.41) is 12.7. The van der Waals surface area contributed by atoms with Gasteiger partial charge in [0.05, 0.1) is 5.56 Å². The van der Waals surface area contributed by atoms with Crippen LogP contribution in [-0.4, -0.2) is 15.5 Å². The number of nitrogens with zero attached hydrogens (tertiary/aromatic N) is 3. The van der Waals surface area contributed by atoms with Gasteiger partial charge in [0.1, 0.15) is 23.4 Å². The largest absolute Gasteiger partial charge is 0.315 e. The molecule has 23 heavy (non-hydrogen) atoms. The van der Waals surface area contributed by atoms with Crippen molar-refractivity contribution in [1.82, 2.24) is 9.55 Å². The second-order valence-electron chi connectivity index (χ2n) is 5.59. The van der Waals surface area contributed by atoms with Gasteiger partial charge in [-0.1, -0.05) is 0 Å². The number of hydrogen-bond acceptors (Lipinski definition) is 5. The molecular weight excluding hydrogens is 312 g/mol. The fraction of sp³-hybridized carbons (Fsp3) is 0.375. The highest BCUT2D eigenvalue weighted by Gasteiger charge is 2.23. The second-order valence-corrected chi connectivity index (χ2v) is 6.70. The monoisotopic (exact) mass is 328 g/mol. The molecule has 0 saturated heterocycles. The quantitative estimate of drug-likeness (QED) is 0.932. The average molecular weight is 328 g/mol. The van der Waals surface area contributed by atoms with Crippen LogP contribution in [0, 0.1) is 25.2 Å². The van der Waals surface area contributed by atoms with Crippen molar-refractivity contribution in [1.29, 1.82) is 5.26 Å². The summed E-state index contributed by atoms with van der Waals surface area (Å²) in [6, 6.07) is 3.59. The molecule has 0 aromatic carbocycles. The molecule has 0 aliphatic heterocycles. The Morgan fingerprint density at radius 3 is 2.96 bits per heavy atom. The van der Waals surface area contributed by atoms with Crippen molar-refractivity contribution in [2.75, 3.05) is 5.32 Å². The van der Waals surface area contributed by atoms with Crippen LogP contribution >= 0.6 is 11.3 Å². The molecule has 0 fully saturated rings. The van der Waals surface area contributed by atoms with E-state index in [1.807, 2.05) is 0 Å². The minimum atomic E-state index is -0.322. The smallest absolute Gasteiger partial charge is 0.254 e. The molecule has 0 spiro atoms. The molecule has 0 atom stereocenters. The maximum Gasteiger partial charge on any atom is 0.254 e. The minimum absolute atomic E-state index is 0.106. The van der Waals surface area contributed by atoms with Crippen LogP contribution in [-0.2, 0) is 24.2 Å². The predicted molar refractivity (Wildman–Crippen MR) is 87.7 cm³/mol. The minimum Gasteiger partial charge on any atom is -0.315 e. The lowest BCUT2D eigenvalue weighted by Gasteiger charge is -2.09. The van der Waals surface area contributed by atoms with Gasteiger partial charge in [-0.3, -0.25) is 14.2 Å². The Balaban J connectivity index is 1.82. The Labute approximate surface area is 137 Å². The number of rotatable bonds is 3. The Morgan fingerprint density at radius 1 is 1.48 bits per heavy atom. The van der Waals surface area contributed by atoms with Crippen molar-refractivity contribution < 1.29 is 4.79 Å². The number of carbonyl (C=O) groups excluding carboxylic acids is 1. The summed E-state index contributed by atoms with van der Waals surface area (Å²) in [4.78, 5) is 29.6. The van der Waals surface area contributed by atoms with Crippen LogP contribution in [0.3, 0.4) is 0 Å². The third-order valence-electron chi connectivity index (χ3n) is 3.91. The van der Waals surface area contributed by atoms with Crippen LogP contribution in [0.5, 0.6) is 0 Å². The van der Waals surface area contributed by atoms with Gasteiger partial charge in [0.25, 0.3) is 5.56 Å². The Hall–Kier alpha value is -2.46. The van der Waals surface area contributed by atoms with Crippen molar-refractivity contribution in [2.24, 2.45) is 0 Å². The first-order valence-electron chi connectivity index (χ1n) is 7.39. The Kier molecular flexibility index (Phi) is 4.01. The average Bonchev–Trinajstić information content (AvgIpc) is 3.03. The summed E-state index contributed by atoms with van der Waals surface area (Å²) < 4.78 is 1.33. The van der Waals surface area contributed by atoms with E-state index in [9.17, 15) is 14.9 Å². The summed E-state index contributed by atoms with van der Waals surface area (Å²) >= 11 is 1.47. The van der Waals surface area contributed by atoms with Crippen LogP contribution < -0.4 is 10.9 Å². The van der Waals surface area contributed by atoms with Crippen LogP contribution in [0.1, 0.15) is 33.9 Å². The summed E-state index contributed by atoms with van der Waals surface area (Å²) in [6.45, 7) is 3.33.